The van der Waals surface area contributed by atoms with Crippen LogP contribution in [0.15, 0.2) is 23.2 Å². The van der Waals surface area contributed by atoms with Gasteiger partial charge in [0.05, 0.1) is 20.8 Å². The van der Waals surface area contributed by atoms with Crippen LogP contribution in [0.5, 0.6) is 11.5 Å². The minimum atomic E-state index is -0.745. The summed E-state index contributed by atoms with van der Waals surface area (Å²) in [5, 5.41) is 14.2. The molecule has 6 nitrogen and oxygen atoms in total. The molecule has 1 saturated carbocycles. The van der Waals surface area contributed by atoms with E-state index in [4.69, 9.17) is 14.5 Å². The predicted molar refractivity (Wildman–Crippen MR) is 128 cm³/mol. The molecule has 0 bridgehead atoms. The first-order chi connectivity index (χ1) is 13.6. The Morgan fingerprint density at radius 1 is 1.21 bits per heavy atom. The average molecular weight is 517 g/mol. The van der Waals surface area contributed by atoms with Crippen LogP contribution in [0.1, 0.15) is 57.1 Å². The zero-order valence-corrected chi connectivity index (χ0v) is 20.3. The number of methoxy groups -OCH3 is 2. The van der Waals surface area contributed by atoms with E-state index in [-0.39, 0.29) is 30.5 Å². The fourth-order valence-corrected chi connectivity index (χ4v) is 4.62. The molecule has 1 atom stereocenters. The molecule has 1 spiro atoms. The van der Waals surface area contributed by atoms with Crippen LogP contribution in [0.2, 0.25) is 0 Å². The number of hydrogen-bond donors (Lipinski definition) is 2. The van der Waals surface area contributed by atoms with Crippen LogP contribution in [0, 0.1) is 5.41 Å². The molecule has 1 aliphatic heterocycles. The lowest BCUT2D eigenvalue weighted by Gasteiger charge is -2.33. The van der Waals surface area contributed by atoms with E-state index < -0.39 is 6.10 Å². The number of aliphatic imine (C=N–C) groups is 1. The van der Waals surface area contributed by atoms with Gasteiger partial charge >= 0.3 is 0 Å². The van der Waals surface area contributed by atoms with Crippen molar-refractivity contribution in [3.63, 3.8) is 0 Å². The van der Waals surface area contributed by atoms with Gasteiger partial charge in [0.2, 0.25) is 0 Å². The van der Waals surface area contributed by atoms with Crippen LogP contribution >= 0.6 is 24.0 Å². The quantitative estimate of drug-likeness (QED) is 0.340. The second-order valence-corrected chi connectivity index (χ2v) is 8.05. The Hall–Kier alpha value is -1.22. The number of guanidine groups is 1. The first-order valence-corrected chi connectivity index (χ1v) is 10.5. The van der Waals surface area contributed by atoms with Gasteiger partial charge in [-0.15, -0.1) is 24.0 Å². The van der Waals surface area contributed by atoms with Crippen LogP contribution in [0.25, 0.3) is 0 Å². The van der Waals surface area contributed by atoms with Gasteiger partial charge in [-0.1, -0.05) is 19.3 Å². The van der Waals surface area contributed by atoms with Crippen molar-refractivity contribution in [3.8, 4) is 11.5 Å². The van der Waals surface area contributed by atoms with E-state index >= 15 is 0 Å². The van der Waals surface area contributed by atoms with Gasteiger partial charge in [0, 0.05) is 25.2 Å². The Morgan fingerprint density at radius 2 is 1.97 bits per heavy atom. The summed E-state index contributed by atoms with van der Waals surface area (Å²) in [5.41, 5.74) is 1.18. The average Bonchev–Trinajstić information content (AvgIpc) is 3.13. The van der Waals surface area contributed by atoms with E-state index in [0.29, 0.717) is 22.5 Å². The fraction of sp³-hybridized carbons (Fsp3) is 0.682. The molecule has 1 saturated heterocycles. The third-order valence-corrected chi connectivity index (χ3v) is 6.20. The first-order valence-electron chi connectivity index (χ1n) is 10.5. The maximum atomic E-state index is 10.8. The molecule has 3 rings (SSSR count). The van der Waals surface area contributed by atoms with Crippen molar-refractivity contribution >= 4 is 29.9 Å². The Kier molecular flexibility index (Phi) is 9.33. The zero-order valence-electron chi connectivity index (χ0n) is 17.9. The highest BCUT2D eigenvalue weighted by Gasteiger charge is 2.39. The van der Waals surface area contributed by atoms with Gasteiger partial charge in [-0.05, 0) is 49.8 Å². The monoisotopic (exact) mass is 517 g/mol. The van der Waals surface area contributed by atoms with Crippen molar-refractivity contribution in [1.29, 1.82) is 0 Å². The molecule has 0 aromatic heterocycles. The van der Waals surface area contributed by atoms with E-state index in [1.165, 1.54) is 38.5 Å². The topological polar surface area (TPSA) is 66.3 Å². The number of rotatable bonds is 6. The van der Waals surface area contributed by atoms with Crippen LogP contribution < -0.4 is 14.8 Å². The number of nitrogens with zero attached hydrogens (tertiary/aromatic N) is 2. The summed E-state index contributed by atoms with van der Waals surface area (Å²) in [4.78, 5) is 7.15. The number of nitrogens with one attached hydrogen (secondary N) is 1. The number of hydrogen-bond acceptors (Lipinski definition) is 4. The third-order valence-electron chi connectivity index (χ3n) is 6.20. The predicted octanol–water partition coefficient (Wildman–Crippen LogP) is 3.98. The van der Waals surface area contributed by atoms with Crippen molar-refractivity contribution < 1.29 is 14.6 Å². The number of aliphatic hydroxyl groups excluding tert-OH is 1. The van der Waals surface area contributed by atoms with Gasteiger partial charge < -0.3 is 24.8 Å². The maximum Gasteiger partial charge on any atom is 0.194 e. The summed E-state index contributed by atoms with van der Waals surface area (Å²) >= 11 is 0. The van der Waals surface area contributed by atoms with Crippen LogP contribution in [0.3, 0.4) is 0 Å². The number of aliphatic hydroxyl groups is 1. The summed E-state index contributed by atoms with van der Waals surface area (Å²) in [5.74, 6) is 2.26. The summed E-state index contributed by atoms with van der Waals surface area (Å²) in [6, 6.07) is 5.47. The molecule has 1 aromatic carbocycles. The van der Waals surface area contributed by atoms with Crippen molar-refractivity contribution in [1.82, 2.24) is 10.2 Å². The molecule has 2 N–H and O–H groups in total. The number of likely N-dealkylation sites (tertiary alicyclic amines) is 1. The molecular weight excluding hydrogens is 481 g/mol. The van der Waals surface area contributed by atoms with Gasteiger partial charge in [-0.2, -0.15) is 0 Å². The van der Waals surface area contributed by atoms with Gasteiger partial charge in [0.1, 0.15) is 17.6 Å². The van der Waals surface area contributed by atoms with Gasteiger partial charge in [0.25, 0.3) is 0 Å². The molecule has 29 heavy (non-hydrogen) atoms. The standard InChI is InChI=1S/C22H35N3O3.HI/c1-4-23-21(25-13-12-22(16-25)10-6-5-7-11-22)24-15-19(26)18-14-17(27-2)8-9-20(18)28-3;/h8-9,14,19,26H,4-7,10-13,15-16H2,1-3H3,(H,23,24);1H. The molecule has 0 amide bonds. The second kappa shape index (κ2) is 11.2. The molecule has 2 aliphatic rings. The summed E-state index contributed by atoms with van der Waals surface area (Å²) in [6.07, 6.45) is 7.28. The lowest BCUT2D eigenvalue weighted by molar-refractivity contribution is 0.181. The first kappa shape index (κ1) is 24.1. The molecule has 2 fully saturated rings. The van der Waals surface area contributed by atoms with Crippen molar-refractivity contribution in [2.24, 2.45) is 10.4 Å². The SMILES string of the molecule is CCNC(=NCC(O)c1cc(OC)ccc1OC)N1CCC2(CCCCC2)C1.I. The van der Waals surface area contributed by atoms with E-state index in [9.17, 15) is 5.11 Å². The molecular formula is C22H36IN3O3. The lowest BCUT2D eigenvalue weighted by Crippen LogP contribution is -2.41. The lowest BCUT2D eigenvalue weighted by atomic mass is 9.73. The van der Waals surface area contributed by atoms with E-state index in [2.05, 4.69) is 17.1 Å². The molecule has 0 radical (unpaired) electrons. The van der Waals surface area contributed by atoms with Crippen molar-refractivity contribution in [3.05, 3.63) is 23.8 Å². The van der Waals surface area contributed by atoms with E-state index in [0.717, 1.165) is 25.6 Å². The molecule has 7 heteroatoms. The van der Waals surface area contributed by atoms with Crippen molar-refractivity contribution in [2.75, 3.05) is 40.4 Å². The van der Waals surface area contributed by atoms with Gasteiger partial charge in [0.15, 0.2) is 5.96 Å². The summed E-state index contributed by atoms with van der Waals surface area (Å²) in [7, 11) is 3.23. The Labute approximate surface area is 192 Å². The number of ether oxygens (including phenoxy) is 2. The fourth-order valence-electron chi connectivity index (χ4n) is 4.62. The Balaban J connectivity index is 0.00000300. The van der Waals surface area contributed by atoms with Gasteiger partial charge in [-0.25, -0.2) is 0 Å². The Morgan fingerprint density at radius 3 is 2.62 bits per heavy atom. The number of halogens is 1. The van der Waals surface area contributed by atoms with Gasteiger partial charge in [-0.3, -0.25) is 4.99 Å². The third kappa shape index (κ3) is 5.90. The molecule has 1 unspecified atom stereocenters. The normalized spacial score (nSPS) is 19.6. The smallest absolute Gasteiger partial charge is 0.194 e. The minimum Gasteiger partial charge on any atom is -0.497 e. The molecule has 1 aromatic rings. The largest absolute Gasteiger partial charge is 0.497 e. The highest BCUT2D eigenvalue weighted by molar-refractivity contribution is 14.0. The van der Waals surface area contributed by atoms with Crippen LogP contribution in [0.4, 0.5) is 0 Å². The highest BCUT2D eigenvalue weighted by atomic mass is 127. The second-order valence-electron chi connectivity index (χ2n) is 8.05. The molecule has 1 aliphatic carbocycles. The number of benzene rings is 1. The Bertz CT molecular complexity index is 677. The highest BCUT2D eigenvalue weighted by Crippen LogP contribution is 2.43. The summed E-state index contributed by atoms with van der Waals surface area (Å²) in [6.45, 7) is 5.32. The van der Waals surface area contributed by atoms with Crippen molar-refractivity contribution in [2.45, 2.75) is 51.6 Å². The van der Waals surface area contributed by atoms with Crippen LogP contribution in [-0.2, 0) is 0 Å². The van der Waals surface area contributed by atoms with E-state index in [1.807, 2.05) is 18.2 Å². The summed E-state index contributed by atoms with van der Waals surface area (Å²) < 4.78 is 10.7. The van der Waals surface area contributed by atoms with E-state index in [1.54, 1.807) is 14.2 Å². The molecule has 1 heterocycles. The maximum absolute atomic E-state index is 10.8. The minimum absolute atomic E-state index is 0. The zero-order chi connectivity index (χ0) is 20.0. The van der Waals surface area contributed by atoms with Crippen LogP contribution in [-0.4, -0.2) is 56.4 Å². The molecule has 164 valence electrons.